The molecule has 0 N–H and O–H groups in total. The molecule has 150 valence electrons. The molecule has 4 aromatic rings. The molecule has 7 nitrogen and oxygen atoms in total. The van der Waals surface area contributed by atoms with E-state index >= 15 is 0 Å². The third-order valence-electron chi connectivity index (χ3n) is 4.45. The van der Waals surface area contributed by atoms with Crippen LogP contribution < -0.4 is 4.90 Å². The van der Waals surface area contributed by atoms with Crippen LogP contribution in [0.4, 0.5) is 10.8 Å². The van der Waals surface area contributed by atoms with Gasteiger partial charge in [-0.3, -0.25) is 24.8 Å². The van der Waals surface area contributed by atoms with E-state index in [1.165, 1.54) is 23.5 Å². The summed E-state index contributed by atoms with van der Waals surface area (Å²) in [5.74, 6) is -0.192. The van der Waals surface area contributed by atoms with Crippen molar-refractivity contribution in [3.8, 4) is 0 Å². The van der Waals surface area contributed by atoms with E-state index in [0.29, 0.717) is 31.6 Å². The van der Waals surface area contributed by atoms with Crippen molar-refractivity contribution >= 4 is 49.9 Å². The lowest BCUT2D eigenvalue weighted by molar-refractivity contribution is -0.384. The topological polar surface area (TPSA) is 89.2 Å². The highest BCUT2D eigenvalue weighted by Gasteiger charge is 2.22. The first-order chi connectivity index (χ1) is 14.5. The van der Waals surface area contributed by atoms with E-state index < -0.39 is 4.92 Å². The van der Waals surface area contributed by atoms with Crippen LogP contribution >= 0.6 is 22.9 Å². The fourth-order valence-corrected chi connectivity index (χ4v) is 4.16. The Hall–Kier alpha value is -3.36. The van der Waals surface area contributed by atoms with Gasteiger partial charge in [0.15, 0.2) is 5.13 Å². The zero-order valence-electron chi connectivity index (χ0n) is 15.6. The van der Waals surface area contributed by atoms with E-state index in [4.69, 9.17) is 11.6 Å². The number of pyridine rings is 1. The van der Waals surface area contributed by atoms with Crippen molar-refractivity contribution < 1.29 is 9.72 Å². The minimum Gasteiger partial charge on any atom is -0.282 e. The Labute approximate surface area is 180 Å². The van der Waals surface area contributed by atoms with Crippen LogP contribution in [0.3, 0.4) is 0 Å². The van der Waals surface area contributed by atoms with E-state index in [9.17, 15) is 14.9 Å². The minimum absolute atomic E-state index is 0.0173. The molecule has 0 bridgehead atoms. The van der Waals surface area contributed by atoms with Gasteiger partial charge in [-0.1, -0.05) is 47.2 Å². The summed E-state index contributed by atoms with van der Waals surface area (Å²) in [5.41, 5.74) is 2.00. The molecule has 0 saturated heterocycles. The number of thiazole rings is 1. The number of rotatable bonds is 6. The molecule has 0 fully saturated rings. The van der Waals surface area contributed by atoms with Gasteiger partial charge in [0.2, 0.25) is 5.91 Å². The van der Waals surface area contributed by atoms with E-state index in [1.54, 1.807) is 35.4 Å². The lowest BCUT2D eigenvalue weighted by atomic mass is 10.1. The van der Waals surface area contributed by atoms with Gasteiger partial charge in [-0.25, -0.2) is 4.98 Å². The van der Waals surface area contributed by atoms with Crippen molar-refractivity contribution in [3.63, 3.8) is 0 Å². The van der Waals surface area contributed by atoms with Gasteiger partial charge in [-0.2, -0.15) is 0 Å². The molecule has 2 aromatic carbocycles. The number of anilines is 1. The highest BCUT2D eigenvalue weighted by atomic mass is 35.5. The Morgan fingerprint density at radius 3 is 2.67 bits per heavy atom. The molecule has 0 unspecified atom stereocenters. The van der Waals surface area contributed by atoms with Crippen molar-refractivity contribution in [2.45, 2.75) is 13.0 Å². The molecule has 1 amide bonds. The number of non-ortho nitro benzene ring substituents is 1. The Morgan fingerprint density at radius 2 is 1.93 bits per heavy atom. The number of nitro groups is 1. The minimum atomic E-state index is -0.451. The van der Waals surface area contributed by atoms with Gasteiger partial charge in [-0.15, -0.1) is 0 Å². The monoisotopic (exact) mass is 438 g/mol. The number of carbonyl (C=O) groups excluding carboxylic acids is 1. The van der Waals surface area contributed by atoms with Crippen LogP contribution in [0.25, 0.3) is 10.2 Å². The van der Waals surface area contributed by atoms with Crippen LogP contribution in [0.15, 0.2) is 66.9 Å². The molecule has 0 saturated carbocycles. The molecular formula is C21H15ClN4O3S. The Bertz CT molecular complexity index is 1230. The number of carbonyl (C=O) groups is 1. The third kappa shape index (κ3) is 4.29. The first kappa shape index (κ1) is 19.9. The van der Waals surface area contributed by atoms with E-state index in [0.717, 1.165) is 0 Å². The molecule has 2 heterocycles. The fourth-order valence-electron chi connectivity index (χ4n) is 2.95. The van der Waals surface area contributed by atoms with Crippen LogP contribution in [0, 0.1) is 10.1 Å². The second kappa shape index (κ2) is 8.56. The van der Waals surface area contributed by atoms with Crippen LogP contribution in [-0.4, -0.2) is 20.8 Å². The highest BCUT2D eigenvalue weighted by Crippen LogP contribution is 2.32. The number of nitrogens with zero attached hydrogens (tertiary/aromatic N) is 4. The number of amides is 1. The van der Waals surface area contributed by atoms with Crippen molar-refractivity contribution in [1.82, 2.24) is 9.97 Å². The summed E-state index contributed by atoms with van der Waals surface area (Å²) >= 11 is 7.46. The van der Waals surface area contributed by atoms with Gasteiger partial charge in [0.05, 0.1) is 33.8 Å². The number of benzene rings is 2. The highest BCUT2D eigenvalue weighted by molar-refractivity contribution is 7.22. The second-order valence-electron chi connectivity index (χ2n) is 6.47. The van der Waals surface area contributed by atoms with Gasteiger partial charge in [-0.05, 0) is 29.8 Å². The lowest BCUT2D eigenvalue weighted by Crippen LogP contribution is -2.32. The molecule has 0 radical (unpaired) electrons. The fraction of sp³-hybridized carbons (Fsp3) is 0.0952. The molecule has 0 atom stereocenters. The first-order valence-corrected chi connectivity index (χ1v) is 10.2. The molecule has 0 aliphatic rings. The van der Waals surface area contributed by atoms with Crippen LogP contribution in [0.1, 0.15) is 11.3 Å². The van der Waals surface area contributed by atoms with Gasteiger partial charge >= 0.3 is 0 Å². The SMILES string of the molecule is O=C(Cc1ccccc1Cl)N(Cc1ccccn1)c1nc2ccc([N+](=O)[O-])cc2s1. The number of aromatic nitrogens is 2. The predicted molar refractivity (Wildman–Crippen MR) is 117 cm³/mol. The molecule has 2 aromatic heterocycles. The number of fused-ring (bicyclic) bond motifs is 1. The maximum absolute atomic E-state index is 13.2. The van der Waals surface area contributed by atoms with Gasteiger partial charge in [0, 0.05) is 23.4 Å². The summed E-state index contributed by atoms with van der Waals surface area (Å²) in [6.45, 7) is 0.228. The van der Waals surface area contributed by atoms with Crippen LogP contribution in [-0.2, 0) is 17.8 Å². The summed E-state index contributed by atoms with van der Waals surface area (Å²) in [7, 11) is 0. The smallest absolute Gasteiger partial charge is 0.270 e. The third-order valence-corrected chi connectivity index (χ3v) is 5.86. The Kier molecular flexibility index (Phi) is 5.69. The number of nitro benzene ring substituents is 1. The standard InChI is InChI=1S/C21H15ClN4O3S/c22-17-7-2-1-5-14(17)11-20(27)25(13-15-6-3-4-10-23-15)21-24-18-9-8-16(26(28)29)12-19(18)30-21/h1-10,12H,11,13H2. The lowest BCUT2D eigenvalue weighted by Gasteiger charge is -2.20. The molecule has 4 rings (SSSR count). The van der Waals surface area contributed by atoms with E-state index in [-0.39, 0.29) is 24.6 Å². The Balaban J connectivity index is 1.71. The molecule has 30 heavy (non-hydrogen) atoms. The molecule has 0 spiro atoms. The zero-order valence-corrected chi connectivity index (χ0v) is 17.1. The summed E-state index contributed by atoms with van der Waals surface area (Å²) in [5, 5.41) is 12.0. The van der Waals surface area contributed by atoms with Gasteiger partial charge in [0.1, 0.15) is 0 Å². The van der Waals surface area contributed by atoms with Gasteiger partial charge < -0.3 is 0 Å². The van der Waals surface area contributed by atoms with E-state index in [1.807, 2.05) is 24.3 Å². The van der Waals surface area contributed by atoms with Crippen LogP contribution in [0.2, 0.25) is 5.02 Å². The average Bonchev–Trinajstić information content (AvgIpc) is 3.17. The summed E-state index contributed by atoms with van der Waals surface area (Å²) < 4.78 is 0.635. The van der Waals surface area contributed by atoms with E-state index in [2.05, 4.69) is 9.97 Å². The summed E-state index contributed by atoms with van der Waals surface area (Å²) in [6, 6.07) is 17.1. The maximum Gasteiger partial charge on any atom is 0.270 e. The molecule has 0 aliphatic heterocycles. The zero-order chi connectivity index (χ0) is 21.1. The Morgan fingerprint density at radius 1 is 1.13 bits per heavy atom. The number of hydrogen-bond donors (Lipinski definition) is 0. The second-order valence-corrected chi connectivity index (χ2v) is 7.89. The molecular weight excluding hydrogens is 424 g/mol. The predicted octanol–water partition coefficient (Wildman–Crippen LogP) is 5.03. The van der Waals surface area contributed by atoms with Crippen molar-refractivity contribution in [1.29, 1.82) is 0 Å². The number of halogens is 1. The van der Waals surface area contributed by atoms with Crippen molar-refractivity contribution in [2.75, 3.05) is 4.90 Å². The maximum atomic E-state index is 13.2. The normalized spacial score (nSPS) is 10.8. The average molecular weight is 439 g/mol. The number of hydrogen-bond acceptors (Lipinski definition) is 6. The largest absolute Gasteiger partial charge is 0.282 e. The van der Waals surface area contributed by atoms with Crippen LogP contribution in [0.5, 0.6) is 0 Å². The summed E-state index contributed by atoms with van der Waals surface area (Å²) in [6.07, 6.45) is 1.76. The van der Waals surface area contributed by atoms with Crippen molar-refractivity contribution in [2.24, 2.45) is 0 Å². The molecule has 9 heteroatoms. The quantitative estimate of drug-likeness (QED) is 0.311. The van der Waals surface area contributed by atoms with Gasteiger partial charge in [0.25, 0.3) is 5.69 Å². The molecule has 0 aliphatic carbocycles. The first-order valence-electron chi connectivity index (χ1n) is 9.00. The summed E-state index contributed by atoms with van der Waals surface area (Å²) in [4.78, 5) is 34.2. The van der Waals surface area contributed by atoms with Crippen molar-refractivity contribution in [3.05, 3.63) is 93.3 Å².